The van der Waals surface area contributed by atoms with E-state index in [0.717, 1.165) is 28.5 Å². The molecule has 6 nitrogen and oxygen atoms in total. The lowest BCUT2D eigenvalue weighted by molar-refractivity contribution is -0.129. The number of rotatable bonds is 6. The number of nitrogens with zero attached hydrogens (tertiary/aromatic N) is 3. The van der Waals surface area contributed by atoms with E-state index in [9.17, 15) is 13.2 Å². The van der Waals surface area contributed by atoms with E-state index in [4.69, 9.17) is 12.2 Å². The fourth-order valence-electron chi connectivity index (χ4n) is 2.99. The largest absolute Gasteiger partial charge is 0.358 e. The third kappa shape index (κ3) is 5.46. The van der Waals surface area contributed by atoms with Gasteiger partial charge in [0.05, 0.1) is 10.6 Å². The normalized spacial score (nSPS) is 15.5. The first-order chi connectivity index (χ1) is 13.2. The second kappa shape index (κ2) is 10.0. The van der Waals surface area contributed by atoms with Gasteiger partial charge in [0.1, 0.15) is 4.32 Å². The van der Waals surface area contributed by atoms with E-state index in [0.29, 0.717) is 36.8 Å². The van der Waals surface area contributed by atoms with Crippen LogP contribution in [0.3, 0.4) is 0 Å². The molecule has 1 aromatic rings. The summed E-state index contributed by atoms with van der Waals surface area (Å²) in [5, 5.41) is 0. The average molecular weight is 444 g/mol. The van der Waals surface area contributed by atoms with Crippen LogP contribution in [0.5, 0.6) is 0 Å². The van der Waals surface area contributed by atoms with Crippen molar-refractivity contribution < 1.29 is 13.2 Å². The van der Waals surface area contributed by atoms with Crippen LogP contribution in [-0.2, 0) is 14.8 Å². The summed E-state index contributed by atoms with van der Waals surface area (Å²) < 4.78 is 28.0. The molecular weight excluding hydrogens is 414 g/mol. The second-order valence-corrected chi connectivity index (χ2v) is 10.3. The van der Waals surface area contributed by atoms with Crippen LogP contribution in [0.1, 0.15) is 25.0 Å². The van der Waals surface area contributed by atoms with Crippen molar-refractivity contribution in [3.8, 4) is 0 Å². The van der Waals surface area contributed by atoms with E-state index in [-0.39, 0.29) is 5.91 Å². The van der Waals surface area contributed by atoms with Crippen LogP contribution in [-0.4, -0.2) is 77.8 Å². The minimum absolute atomic E-state index is 0.00253. The number of sulfonamides is 1. The summed E-state index contributed by atoms with van der Waals surface area (Å²) in [5.41, 5.74) is 2.02. The maximum Gasteiger partial charge on any atom is 0.243 e. The molecule has 156 valence electrons. The molecule has 9 heteroatoms. The van der Waals surface area contributed by atoms with Gasteiger partial charge >= 0.3 is 0 Å². The van der Waals surface area contributed by atoms with E-state index < -0.39 is 10.0 Å². The molecule has 0 spiro atoms. The number of hydrogen-bond donors (Lipinski definition) is 0. The molecule has 1 aliphatic rings. The van der Waals surface area contributed by atoms with Crippen molar-refractivity contribution >= 4 is 44.2 Å². The Morgan fingerprint density at radius 3 is 2.25 bits per heavy atom. The van der Waals surface area contributed by atoms with E-state index in [2.05, 4.69) is 0 Å². The third-order valence-electron chi connectivity index (χ3n) is 5.05. The van der Waals surface area contributed by atoms with Crippen LogP contribution in [0.4, 0.5) is 0 Å². The number of thioether (sulfide) groups is 1. The van der Waals surface area contributed by atoms with Crippen molar-refractivity contribution in [1.82, 2.24) is 14.1 Å². The van der Waals surface area contributed by atoms with Gasteiger partial charge in [0.25, 0.3) is 0 Å². The van der Waals surface area contributed by atoms with Crippen LogP contribution in [0.15, 0.2) is 23.1 Å². The number of thiocarbonyl (C=S) groups is 1. The van der Waals surface area contributed by atoms with Crippen molar-refractivity contribution in [2.45, 2.75) is 32.6 Å². The van der Waals surface area contributed by atoms with Crippen molar-refractivity contribution in [3.63, 3.8) is 0 Å². The topological polar surface area (TPSA) is 60.9 Å². The van der Waals surface area contributed by atoms with Gasteiger partial charge in [-0.25, -0.2) is 8.42 Å². The lowest BCUT2D eigenvalue weighted by Gasteiger charge is -2.34. The van der Waals surface area contributed by atoms with Crippen molar-refractivity contribution in [3.05, 3.63) is 29.3 Å². The Morgan fingerprint density at radius 2 is 1.71 bits per heavy atom. The summed E-state index contributed by atoms with van der Waals surface area (Å²) in [6.45, 7) is 11.0. The van der Waals surface area contributed by atoms with Gasteiger partial charge in [-0.1, -0.05) is 30.0 Å². The van der Waals surface area contributed by atoms with Crippen LogP contribution in [0, 0.1) is 13.8 Å². The molecule has 0 aliphatic carbocycles. The molecule has 0 aromatic heterocycles. The lowest BCUT2D eigenvalue weighted by atomic mass is 10.1. The molecule has 0 atom stereocenters. The summed E-state index contributed by atoms with van der Waals surface area (Å²) in [7, 11) is -3.53. The lowest BCUT2D eigenvalue weighted by Crippen LogP contribution is -2.51. The first-order valence-corrected chi connectivity index (χ1v) is 12.3. The van der Waals surface area contributed by atoms with E-state index in [1.165, 1.54) is 16.1 Å². The summed E-state index contributed by atoms with van der Waals surface area (Å²) in [6, 6.07) is 5.20. The highest BCUT2D eigenvalue weighted by atomic mass is 32.2. The van der Waals surface area contributed by atoms with Gasteiger partial charge < -0.3 is 9.80 Å². The number of aryl methyl sites for hydroxylation is 2. The maximum atomic E-state index is 12.9. The van der Waals surface area contributed by atoms with Crippen LogP contribution in [0.25, 0.3) is 0 Å². The van der Waals surface area contributed by atoms with Crippen LogP contribution < -0.4 is 0 Å². The minimum Gasteiger partial charge on any atom is -0.358 e. The molecular formula is C19H29N3O3S3. The summed E-state index contributed by atoms with van der Waals surface area (Å²) in [6.07, 6.45) is 0. The van der Waals surface area contributed by atoms with Gasteiger partial charge in [0.2, 0.25) is 15.9 Å². The third-order valence-corrected chi connectivity index (χ3v) is 8.45. The summed E-state index contributed by atoms with van der Waals surface area (Å²) in [4.78, 5) is 16.6. The number of carbonyl (C=O) groups excluding carboxylic acids is 1. The van der Waals surface area contributed by atoms with Gasteiger partial charge in [-0.15, -0.1) is 0 Å². The molecule has 0 N–H and O–H groups in total. The smallest absolute Gasteiger partial charge is 0.243 e. The quantitative estimate of drug-likeness (QED) is 0.630. The Balaban J connectivity index is 1.92. The van der Waals surface area contributed by atoms with Crippen molar-refractivity contribution in [2.75, 3.05) is 45.0 Å². The zero-order valence-electron chi connectivity index (χ0n) is 17.0. The van der Waals surface area contributed by atoms with E-state index in [1.54, 1.807) is 17.0 Å². The number of amides is 1. The van der Waals surface area contributed by atoms with Crippen molar-refractivity contribution in [2.24, 2.45) is 0 Å². The monoisotopic (exact) mass is 443 g/mol. The second-order valence-electron chi connectivity index (χ2n) is 6.76. The molecule has 0 bridgehead atoms. The van der Waals surface area contributed by atoms with Gasteiger partial charge in [0, 0.05) is 39.3 Å². The number of benzene rings is 1. The highest BCUT2D eigenvalue weighted by Gasteiger charge is 2.30. The van der Waals surface area contributed by atoms with Crippen molar-refractivity contribution in [1.29, 1.82) is 0 Å². The molecule has 1 saturated heterocycles. The fraction of sp³-hybridized carbons (Fsp3) is 0.579. The zero-order valence-corrected chi connectivity index (χ0v) is 19.4. The Morgan fingerprint density at radius 1 is 1.11 bits per heavy atom. The van der Waals surface area contributed by atoms with Gasteiger partial charge in [0.15, 0.2) is 0 Å². The molecule has 0 radical (unpaired) electrons. The highest BCUT2D eigenvalue weighted by molar-refractivity contribution is 8.23. The zero-order chi connectivity index (χ0) is 20.9. The Kier molecular flexibility index (Phi) is 8.30. The summed E-state index contributed by atoms with van der Waals surface area (Å²) >= 11 is 6.74. The molecule has 2 rings (SSSR count). The average Bonchev–Trinajstić information content (AvgIpc) is 2.69. The van der Waals surface area contributed by atoms with Crippen LogP contribution in [0.2, 0.25) is 0 Å². The molecule has 0 saturated carbocycles. The molecule has 0 unspecified atom stereocenters. The van der Waals surface area contributed by atoms with Crippen LogP contribution >= 0.6 is 24.0 Å². The maximum absolute atomic E-state index is 12.9. The predicted octanol–water partition coefficient (Wildman–Crippen LogP) is 2.50. The van der Waals surface area contributed by atoms with Gasteiger partial charge in [-0.3, -0.25) is 4.79 Å². The molecule has 1 aliphatic heterocycles. The molecule has 1 aromatic carbocycles. The first-order valence-electron chi connectivity index (χ1n) is 9.47. The van der Waals surface area contributed by atoms with E-state index in [1.807, 2.05) is 38.7 Å². The Labute approximate surface area is 178 Å². The Bertz CT molecular complexity index is 815. The molecule has 1 amide bonds. The van der Waals surface area contributed by atoms with Gasteiger partial charge in [-0.05, 0) is 51.0 Å². The van der Waals surface area contributed by atoms with E-state index >= 15 is 0 Å². The first kappa shape index (κ1) is 23.1. The number of carbonyl (C=O) groups is 1. The molecule has 1 fully saturated rings. The Hall–Kier alpha value is -1.16. The molecule has 1 heterocycles. The molecule has 28 heavy (non-hydrogen) atoms. The SMILES string of the molecule is CCN(CC)C(=S)SCC(=O)N1CCN(S(=O)(=O)c2ccc(C)c(C)c2)CC1. The highest BCUT2D eigenvalue weighted by Crippen LogP contribution is 2.21. The fourth-order valence-corrected chi connectivity index (χ4v) is 5.80. The standard InChI is InChI=1S/C19H29N3O3S3/c1-5-20(6-2)19(26)27-14-18(23)21-9-11-22(12-10-21)28(24,25)17-8-7-15(3)16(4)13-17/h7-8,13H,5-6,9-12,14H2,1-4H3. The minimum atomic E-state index is -3.53. The number of hydrogen-bond acceptors (Lipinski definition) is 5. The predicted molar refractivity (Wildman–Crippen MR) is 119 cm³/mol. The summed E-state index contributed by atoms with van der Waals surface area (Å²) in [5.74, 6) is 0.293. The van der Waals surface area contributed by atoms with Gasteiger partial charge in [-0.2, -0.15) is 4.31 Å². The number of piperazine rings is 1.